The van der Waals surface area contributed by atoms with Crippen molar-refractivity contribution in [3.63, 3.8) is 0 Å². The third-order valence-electron chi connectivity index (χ3n) is 3.86. The van der Waals surface area contributed by atoms with E-state index < -0.39 is 17.8 Å². The largest absolute Gasteiger partial charge is 0.416 e. The number of aromatic amines is 1. The van der Waals surface area contributed by atoms with Gasteiger partial charge < -0.3 is 4.74 Å². The average molecular weight is 373 g/mol. The Morgan fingerprint density at radius 1 is 1.15 bits per heavy atom. The number of rotatable bonds is 5. The van der Waals surface area contributed by atoms with Gasteiger partial charge in [-0.25, -0.2) is 4.98 Å². The predicted octanol–water partition coefficient (Wildman–Crippen LogP) is 4.03. The lowest BCUT2D eigenvalue weighted by molar-refractivity contribution is -0.137. The lowest BCUT2D eigenvalue weighted by atomic mass is 10.1. The summed E-state index contributed by atoms with van der Waals surface area (Å²) in [7, 11) is 0. The number of alkyl halides is 3. The van der Waals surface area contributed by atoms with Crippen LogP contribution in [0.15, 0.2) is 42.5 Å². The second-order valence-electron chi connectivity index (χ2n) is 5.73. The Labute approximate surface area is 152 Å². The highest BCUT2D eigenvalue weighted by molar-refractivity contribution is 5.59. The van der Waals surface area contributed by atoms with Gasteiger partial charge in [-0.15, -0.1) is 5.10 Å². The number of benzene rings is 1. The number of pyridine rings is 1. The van der Waals surface area contributed by atoms with Gasteiger partial charge in [0.05, 0.1) is 29.7 Å². The fourth-order valence-corrected chi connectivity index (χ4v) is 2.39. The number of nitrogens with one attached hydrogen (secondary N) is 1. The molecule has 138 valence electrons. The highest BCUT2D eigenvalue weighted by Gasteiger charge is 2.29. The van der Waals surface area contributed by atoms with Crippen molar-refractivity contribution < 1.29 is 17.9 Å². The van der Waals surface area contributed by atoms with E-state index in [1.165, 1.54) is 12.1 Å². The molecule has 27 heavy (non-hydrogen) atoms. The summed E-state index contributed by atoms with van der Waals surface area (Å²) in [6.45, 7) is 1.92. The van der Waals surface area contributed by atoms with Gasteiger partial charge in [-0.3, -0.25) is 0 Å². The Balaban J connectivity index is 1.69. The average Bonchev–Trinajstić information content (AvgIpc) is 3.14. The first-order valence-corrected chi connectivity index (χ1v) is 7.94. The van der Waals surface area contributed by atoms with E-state index in [-0.39, 0.29) is 12.3 Å². The molecular weight excluding hydrogens is 359 g/mol. The van der Waals surface area contributed by atoms with Gasteiger partial charge in [0.1, 0.15) is 11.8 Å². The van der Waals surface area contributed by atoms with Crippen LogP contribution in [0.25, 0.3) is 11.4 Å². The van der Waals surface area contributed by atoms with Gasteiger partial charge in [-0.2, -0.15) is 28.7 Å². The SMILES string of the molecule is CC(OCc1ccc(C(F)(F)F)cc1)c1cccc(-c2n[nH]nc2C#N)n1. The van der Waals surface area contributed by atoms with E-state index in [2.05, 4.69) is 20.4 Å². The van der Waals surface area contributed by atoms with Gasteiger partial charge in [0.15, 0.2) is 5.69 Å². The molecule has 0 spiro atoms. The number of halogens is 3. The predicted molar refractivity (Wildman–Crippen MR) is 89.0 cm³/mol. The van der Waals surface area contributed by atoms with Crippen molar-refractivity contribution in [2.24, 2.45) is 0 Å². The second-order valence-corrected chi connectivity index (χ2v) is 5.73. The molecule has 0 bridgehead atoms. The first kappa shape index (κ1) is 18.5. The molecule has 0 aliphatic heterocycles. The highest BCUT2D eigenvalue weighted by atomic mass is 19.4. The zero-order valence-corrected chi connectivity index (χ0v) is 14.2. The molecule has 1 unspecified atom stereocenters. The van der Waals surface area contributed by atoms with Gasteiger partial charge in [0.25, 0.3) is 0 Å². The minimum absolute atomic E-state index is 0.137. The molecule has 3 aromatic rings. The van der Waals surface area contributed by atoms with Crippen LogP contribution >= 0.6 is 0 Å². The molecular formula is C18H14F3N5O. The molecule has 3 rings (SSSR count). The Bertz CT molecular complexity index is 960. The lowest BCUT2D eigenvalue weighted by Gasteiger charge is -2.14. The van der Waals surface area contributed by atoms with Gasteiger partial charge >= 0.3 is 6.18 Å². The third kappa shape index (κ3) is 4.30. The summed E-state index contributed by atoms with van der Waals surface area (Å²) < 4.78 is 43.5. The molecule has 0 saturated carbocycles. The highest BCUT2D eigenvalue weighted by Crippen LogP contribution is 2.29. The number of hydrogen-bond acceptors (Lipinski definition) is 5. The lowest BCUT2D eigenvalue weighted by Crippen LogP contribution is -2.06. The number of ether oxygens (including phenoxy) is 1. The Morgan fingerprint density at radius 3 is 2.56 bits per heavy atom. The van der Waals surface area contributed by atoms with Crippen LogP contribution in [0, 0.1) is 11.3 Å². The van der Waals surface area contributed by atoms with Crippen molar-refractivity contribution in [2.75, 3.05) is 0 Å². The standard InChI is InChI=1S/C18H14F3N5O/c1-11(27-10-12-5-7-13(8-6-12)18(19,20)21)14-3-2-4-15(23-14)17-16(9-22)24-26-25-17/h2-8,11H,10H2,1H3,(H,24,25,26). The molecule has 1 aromatic carbocycles. The van der Waals surface area contributed by atoms with Gasteiger partial charge in [-0.05, 0) is 36.8 Å². The fraction of sp³-hybridized carbons (Fsp3) is 0.222. The van der Waals surface area contributed by atoms with Crippen LogP contribution < -0.4 is 0 Å². The molecule has 6 nitrogen and oxygen atoms in total. The summed E-state index contributed by atoms with van der Waals surface area (Å²) in [4.78, 5) is 4.44. The fourth-order valence-electron chi connectivity index (χ4n) is 2.39. The van der Waals surface area contributed by atoms with Gasteiger partial charge in [-0.1, -0.05) is 18.2 Å². The van der Waals surface area contributed by atoms with Crippen LogP contribution in [0.1, 0.15) is 35.5 Å². The minimum Gasteiger partial charge on any atom is -0.368 e. The molecule has 0 fully saturated rings. The van der Waals surface area contributed by atoms with E-state index in [9.17, 15) is 13.2 Å². The van der Waals surface area contributed by atoms with E-state index in [4.69, 9.17) is 10.00 Å². The zero-order valence-electron chi connectivity index (χ0n) is 14.2. The summed E-state index contributed by atoms with van der Waals surface area (Å²) in [5, 5.41) is 19.1. The molecule has 9 heteroatoms. The Morgan fingerprint density at radius 2 is 1.89 bits per heavy atom. The van der Waals surface area contributed by atoms with E-state index in [0.29, 0.717) is 22.6 Å². The number of nitrogens with zero attached hydrogens (tertiary/aromatic N) is 4. The topological polar surface area (TPSA) is 87.5 Å². The summed E-state index contributed by atoms with van der Waals surface area (Å²) in [5.41, 5.74) is 1.48. The first-order chi connectivity index (χ1) is 12.9. The van der Waals surface area contributed by atoms with E-state index in [1.54, 1.807) is 25.1 Å². The molecule has 1 N–H and O–H groups in total. The van der Waals surface area contributed by atoms with E-state index in [1.807, 2.05) is 6.07 Å². The van der Waals surface area contributed by atoms with Crippen molar-refractivity contribution in [1.29, 1.82) is 5.26 Å². The van der Waals surface area contributed by atoms with Gasteiger partial charge in [0, 0.05) is 0 Å². The second kappa shape index (κ2) is 7.55. The summed E-state index contributed by atoms with van der Waals surface area (Å²) in [6, 6.07) is 12.0. The molecule has 0 amide bonds. The van der Waals surface area contributed by atoms with E-state index in [0.717, 1.165) is 12.1 Å². The number of hydrogen-bond donors (Lipinski definition) is 1. The molecule has 0 radical (unpaired) electrons. The van der Waals surface area contributed by atoms with Crippen molar-refractivity contribution >= 4 is 0 Å². The molecule has 2 heterocycles. The number of aromatic nitrogens is 4. The van der Waals surface area contributed by atoms with Crippen molar-refractivity contribution in [1.82, 2.24) is 20.4 Å². The Kier molecular flexibility index (Phi) is 5.19. The quantitative estimate of drug-likeness (QED) is 0.729. The summed E-state index contributed by atoms with van der Waals surface area (Å²) in [6.07, 6.45) is -4.77. The number of nitriles is 1. The van der Waals surface area contributed by atoms with Crippen molar-refractivity contribution in [2.45, 2.75) is 25.8 Å². The molecule has 0 aliphatic rings. The molecule has 0 saturated heterocycles. The van der Waals surface area contributed by atoms with Crippen LogP contribution in [0.4, 0.5) is 13.2 Å². The number of H-pyrrole nitrogens is 1. The molecule has 2 aromatic heterocycles. The van der Waals surface area contributed by atoms with Crippen LogP contribution in [0.2, 0.25) is 0 Å². The summed E-state index contributed by atoms with van der Waals surface area (Å²) >= 11 is 0. The van der Waals surface area contributed by atoms with Crippen LogP contribution in [-0.4, -0.2) is 20.4 Å². The van der Waals surface area contributed by atoms with Gasteiger partial charge in [0.2, 0.25) is 0 Å². The van der Waals surface area contributed by atoms with E-state index >= 15 is 0 Å². The van der Waals surface area contributed by atoms with Crippen LogP contribution in [0.3, 0.4) is 0 Å². The van der Waals surface area contributed by atoms with Crippen molar-refractivity contribution in [3.8, 4) is 17.5 Å². The normalized spacial score (nSPS) is 12.6. The Hall–Kier alpha value is -3.25. The monoisotopic (exact) mass is 373 g/mol. The van der Waals surface area contributed by atoms with Crippen LogP contribution in [-0.2, 0) is 17.5 Å². The molecule has 0 aliphatic carbocycles. The molecule has 1 atom stereocenters. The third-order valence-corrected chi connectivity index (χ3v) is 3.86. The van der Waals surface area contributed by atoms with Crippen LogP contribution in [0.5, 0.6) is 0 Å². The first-order valence-electron chi connectivity index (χ1n) is 7.94. The maximum atomic E-state index is 12.6. The zero-order chi connectivity index (χ0) is 19.4. The summed E-state index contributed by atoms with van der Waals surface area (Å²) in [5.74, 6) is 0. The maximum Gasteiger partial charge on any atom is 0.416 e. The van der Waals surface area contributed by atoms with Crippen molar-refractivity contribution in [3.05, 3.63) is 65.0 Å². The maximum absolute atomic E-state index is 12.6. The smallest absolute Gasteiger partial charge is 0.368 e. The minimum atomic E-state index is -4.36.